The zero-order chi connectivity index (χ0) is 20.1. The fourth-order valence-electron chi connectivity index (χ4n) is 2.62. The number of amides is 1. The molecule has 3 rings (SSSR count). The number of carboxylic acids is 1. The first-order valence-corrected chi connectivity index (χ1v) is 8.78. The van der Waals surface area contributed by atoms with E-state index in [9.17, 15) is 14.7 Å². The van der Waals surface area contributed by atoms with Crippen LogP contribution >= 0.6 is 11.6 Å². The van der Waals surface area contributed by atoms with Gasteiger partial charge in [0.2, 0.25) is 0 Å². The van der Waals surface area contributed by atoms with Crippen LogP contribution < -0.4 is 10.1 Å². The lowest BCUT2D eigenvalue weighted by atomic mass is 10.1. The first kappa shape index (κ1) is 19.4. The van der Waals surface area contributed by atoms with E-state index in [1.165, 1.54) is 18.5 Å². The van der Waals surface area contributed by atoms with Crippen LogP contribution in [0.4, 0.5) is 5.69 Å². The van der Waals surface area contributed by atoms with Crippen molar-refractivity contribution in [1.29, 1.82) is 0 Å². The molecule has 0 bridgehead atoms. The summed E-state index contributed by atoms with van der Waals surface area (Å²) in [6.07, 6.45) is 2.52. The summed E-state index contributed by atoms with van der Waals surface area (Å²) in [5, 5.41) is 12.1. The van der Waals surface area contributed by atoms with Gasteiger partial charge in [-0.25, -0.2) is 4.79 Å². The van der Waals surface area contributed by atoms with Gasteiger partial charge in [-0.05, 0) is 36.8 Å². The van der Waals surface area contributed by atoms with E-state index in [0.29, 0.717) is 23.1 Å². The average Bonchev–Trinajstić information content (AvgIpc) is 2.67. The Morgan fingerprint density at radius 2 is 1.96 bits per heavy atom. The van der Waals surface area contributed by atoms with Crippen LogP contribution in [0.5, 0.6) is 5.75 Å². The predicted octanol–water partition coefficient (Wildman–Crippen LogP) is 4.57. The van der Waals surface area contributed by atoms with Crippen molar-refractivity contribution in [2.24, 2.45) is 0 Å². The normalized spacial score (nSPS) is 10.4. The maximum atomic E-state index is 12.4. The van der Waals surface area contributed by atoms with Crippen molar-refractivity contribution in [3.05, 3.63) is 88.2 Å². The van der Waals surface area contributed by atoms with Crippen molar-refractivity contribution in [3.8, 4) is 5.75 Å². The Balaban J connectivity index is 1.70. The zero-order valence-corrected chi connectivity index (χ0v) is 15.7. The van der Waals surface area contributed by atoms with Gasteiger partial charge < -0.3 is 15.2 Å². The predicted molar refractivity (Wildman–Crippen MR) is 106 cm³/mol. The van der Waals surface area contributed by atoms with Crippen LogP contribution in [-0.4, -0.2) is 22.0 Å². The molecule has 7 heteroatoms. The van der Waals surface area contributed by atoms with Crippen LogP contribution in [0.3, 0.4) is 0 Å². The smallest absolute Gasteiger partial charge is 0.336 e. The van der Waals surface area contributed by atoms with E-state index in [2.05, 4.69) is 10.3 Å². The third kappa shape index (κ3) is 4.66. The summed E-state index contributed by atoms with van der Waals surface area (Å²) in [6, 6.07) is 14.0. The number of aromatic carboxylic acids is 1. The SMILES string of the molecule is Cc1cccc(COc2ccc(NC(=O)c3cnccc3C(=O)O)cc2Cl)c1. The minimum Gasteiger partial charge on any atom is -0.487 e. The first-order valence-electron chi connectivity index (χ1n) is 8.40. The molecule has 0 saturated heterocycles. The molecule has 1 aromatic heterocycles. The van der Waals surface area contributed by atoms with Gasteiger partial charge in [0.15, 0.2) is 0 Å². The van der Waals surface area contributed by atoms with Crippen molar-refractivity contribution in [2.75, 3.05) is 5.32 Å². The molecular formula is C21H17ClN2O4. The summed E-state index contributed by atoms with van der Waals surface area (Å²) in [4.78, 5) is 27.4. The van der Waals surface area contributed by atoms with Crippen LogP contribution in [0.15, 0.2) is 60.9 Å². The quantitative estimate of drug-likeness (QED) is 0.637. The second kappa shape index (κ2) is 8.54. The Hall–Kier alpha value is -3.38. The molecule has 0 saturated carbocycles. The van der Waals surface area contributed by atoms with E-state index >= 15 is 0 Å². The number of carbonyl (C=O) groups is 2. The van der Waals surface area contributed by atoms with Crippen molar-refractivity contribution >= 4 is 29.2 Å². The molecule has 0 atom stereocenters. The molecular weight excluding hydrogens is 380 g/mol. The molecule has 142 valence electrons. The number of nitrogens with one attached hydrogen (secondary N) is 1. The van der Waals surface area contributed by atoms with Gasteiger partial charge in [0.1, 0.15) is 12.4 Å². The summed E-state index contributed by atoms with van der Waals surface area (Å²) in [5.74, 6) is -1.31. The van der Waals surface area contributed by atoms with Crippen molar-refractivity contribution in [2.45, 2.75) is 13.5 Å². The molecule has 3 aromatic rings. The Bertz CT molecular complexity index is 1040. The van der Waals surface area contributed by atoms with Crippen LogP contribution in [0.2, 0.25) is 5.02 Å². The number of ether oxygens (including phenoxy) is 1. The number of pyridine rings is 1. The number of aryl methyl sites for hydroxylation is 1. The monoisotopic (exact) mass is 396 g/mol. The molecule has 0 aliphatic carbocycles. The van der Waals surface area contributed by atoms with Crippen molar-refractivity contribution in [1.82, 2.24) is 4.98 Å². The number of benzene rings is 2. The number of hydrogen-bond donors (Lipinski definition) is 2. The number of rotatable bonds is 6. The van der Waals surface area contributed by atoms with Crippen LogP contribution in [0.1, 0.15) is 31.8 Å². The molecule has 0 aliphatic rings. The average molecular weight is 397 g/mol. The molecule has 6 nitrogen and oxygen atoms in total. The minimum atomic E-state index is -1.20. The highest BCUT2D eigenvalue weighted by atomic mass is 35.5. The largest absolute Gasteiger partial charge is 0.487 e. The maximum absolute atomic E-state index is 12.4. The number of carboxylic acid groups (broad SMARTS) is 1. The number of halogens is 1. The lowest BCUT2D eigenvalue weighted by molar-refractivity contribution is 0.0692. The van der Waals surface area contributed by atoms with Gasteiger partial charge >= 0.3 is 5.97 Å². The number of hydrogen-bond acceptors (Lipinski definition) is 4. The van der Waals surface area contributed by atoms with Gasteiger partial charge in [-0.3, -0.25) is 9.78 Å². The van der Waals surface area contributed by atoms with Gasteiger partial charge in [0, 0.05) is 18.1 Å². The summed E-state index contributed by atoms with van der Waals surface area (Å²) < 4.78 is 5.74. The Kier molecular flexibility index (Phi) is 5.91. The third-order valence-corrected chi connectivity index (χ3v) is 4.26. The lowest BCUT2D eigenvalue weighted by Gasteiger charge is -2.11. The maximum Gasteiger partial charge on any atom is 0.336 e. The van der Waals surface area contributed by atoms with Crippen LogP contribution in [0.25, 0.3) is 0 Å². The van der Waals surface area contributed by atoms with Crippen LogP contribution in [-0.2, 0) is 6.61 Å². The molecule has 0 fully saturated rings. The molecule has 0 aliphatic heterocycles. The van der Waals surface area contributed by atoms with Gasteiger partial charge in [-0.1, -0.05) is 41.4 Å². The van der Waals surface area contributed by atoms with Gasteiger partial charge in [0.25, 0.3) is 5.91 Å². The second-order valence-electron chi connectivity index (χ2n) is 6.10. The fourth-order valence-corrected chi connectivity index (χ4v) is 2.85. The number of anilines is 1. The molecule has 2 N–H and O–H groups in total. The van der Waals surface area contributed by atoms with Crippen LogP contribution in [0, 0.1) is 6.92 Å². The summed E-state index contributed by atoms with van der Waals surface area (Å²) in [7, 11) is 0. The highest BCUT2D eigenvalue weighted by Gasteiger charge is 2.17. The minimum absolute atomic E-state index is 0.0362. The highest BCUT2D eigenvalue weighted by Crippen LogP contribution is 2.29. The molecule has 0 spiro atoms. The third-order valence-electron chi connectivity index (χ3n) is 3.96. The number of nitrogens with zero attached hydrogens (tertiary/aromatic N) is 1. The summed E-state index contributed by atoms with van der Waals surface area (Å²) in [6.45, 7) is 2.37. The standard InChI is InChI=1S/C21H17ClN2O4/c1-13-3-2-4-14(9-13)12-28-19-6-5-15(10-18(19)22)24-20(25)17-11-23-8-7-16(17)21(26)27/h2-11H,12H2,1H3,(H,24,25)(H,26,27). The van der Waals surface area contributed by atoms with E-state index in [1.54, 1.807) is 18.2 Å². The van der Waals surface area contributed by atoms with Gasteiger partial charge in [-0.2, -0.15) is 0 Å². The van der Waals surface area contributed by atoms with E-state index in [4.69, 9.17) is 16.3 Å². The van der Waals surface area contributed by atoms with Gasteiger partial charge in [-0.15, -0.1) is 0 Å². The summed E-state index contributed by atoms with van der Waals surface area (Å²) in [5.41, 5.74) is 2.41. The summed E-state index contributed by atoms with van der Waals surface area (Å²) >= 11 is 6.26. The topological polar surface area (TPSA) is 88.5 Å². The highest BCUT2D eigenvalue weighted by molar-refractivity contribution is 6.32. The van der Waals surface area contributed by atoms with E-state index < -0.39 is 11.9 Å². The van der Waals surface area contributed by atoms with Crippen molar-refractivity contribution in [3.63, 3.8) is 0 Å². The Labute approximate surface area is 166 Å². The van der Waals surface area contributed by atoms with Gasteiger partial charge in [0.05, 0.1) is 16.1 Å². The lowest BCUT2D eigenvalue weighted by Crippen LogP contribution is -2.16. The molecule has 1 heterocycles. The van der Waals surface area contributed by atoms with Crippen molar-refractivity contribution < 1.29 is 19.4 Å². The molecule has 2 aromatic carbocycles. The Morgan fingerprint density at radius 1 is 1.14 bits per heavy atom. The number of carbonyl (C=O) groups excluding carboxylic acids is 1. The zero-order valence-electron chi connectivity index (χ0n) is 15.0. The second-order valence-corrected chi connectivity index (χ2v) is 6.51. The number of aromatic nitrogens is 1. The molecule has 0 radical (unpaired) electrons. The first-order chi connectivity index (χ1) is 13.4. The van der Waals surface area contributed by atoms with E-state index in [1.807, 2.05) is 31.2 Å². The Morgan fingerprint density at radius 3 is 2.68 bits per heavy atom. The van der Waals surface area contributed by atoms with E-state index in [-0.39, 0.29) is 11.1 Å². The molecule has 1 amide bonds. The molecule has 28 heavy (non-hydrogen) atoms. The fraction of sp³-hybridized carbons (Fsp3) is 0.0952. The van der Waals surface area contributed by atoms with E-state index in [0.717, 1.165) is 11.1 Å². The molecule has 0 unspecified atom stereocenters.